The molecule has 36 heavy (non-hydrogen) atoms. The van der Waals surface area contributed by atoms with Crippen LogP contribution in [-0.4, -0.2) is 35.9 Å². The lowest BCUT2D eigenvalue weighted by molar-refractivity contribution is -0.140. The number of amides is 1. The Labute approximate surface area is 215 Å². The number of thiophene rings is 1. The second-order valence-corrected chi connectivity index (χ2v) is 10.9. The summed E-state index contributed by atoms with van der Waals surface area (Å²) in [6, 6.07) is 14.2. The SMILES string of the molecule is COc1cccc(C2/C(=C(\O)c3cc(C(C)(C)C)ccc3C)C(=O)C(=O)N2Cc2cccs2)c1OC. The maximum Gasteiger partial charge on any atom is 0.295 e. The number of methoxy groups -OCH3 is 2. The number of carbonyl (C=O) groups excluding carboxylic acids is 2. The summed E-state index contributed by atoms with van der Waals surface area (Å²) < 4.78 is 11.2. The van der Waals surface area contributed by atoms with Crippen LogP contribution in [0.25, 0.3) is 5.76 Å². The summed E-state index contributed by atoms with van der Waals surface area (Å²) in [6.07, 6.45) is 0. The van der Waals surface area contributed by atoms with Crippen LogP contribution in [0.3, 0.4) is 0 Å². The van der Waals surface area contributed by atoms with Gasteiger partial charge in [0.05, 0.1) is 32.4 Å². The lowest BCUT2D eigenvalue weighted by atomic mass is 9.84. The van der Waals surface area contributed by atoms with E-state index < -0.39 is 17.7 Å². The first-order chi connectivity index (χ1) is 17.1. The number of ketones is 1. The molecule has 6 nitrogen and oxygen atoms in total. The highest BCUT2D eigenvalue weighted by Gasteiger charge is 2.47. The van der Waals surface area contributed by atoms with Crippen molar-refractivity contribution in [1.29, 1.82) is 0 Å². The minimum atomic E-state index is -0.852. The topological polar surface area (TPSA) is 76.1 Å². The van der Waals surface area contributed by atoms with E-state index in [4.69, 9.17) is 9.47 Å². The summed E-state index contributed by atoms with van der Waals surface area (Å²) in [7, 11) is 3.05. The molecule has 1 aliphatic rings. The number of hydrogen-bond donors (Lipinski definition) is 1. The molecule has 2 heterocycles. The lowest BCUT2D eigenvalue weighted by Gasteiger charge is -2.27. The van der Waals surface area contributed by atoms with Crippen molar-refractivity contribution < 1.29 is 24.2 Å². The summed E-state index contributed by atoms with van der Waals surface area (Å²) in [5, 5.41) is 13.6. The van der Waals surface area contributed by atoms with Crippen molar-refractivity contribution in [1.82, 2.24) is 4.90 Å². The molecule has 1 amide bonds. The van der Waals surface area contributed by atoms with E-state index in [-0.39, 0.29) is 23.3 Å². The van der Waals surface area contributed by atoms with E-state index >= 15 is 0 Å². The fourth-order valence-corrected chi connectivity index (χ4v) is 5.26. The first-order valence-corrected chi connectivity index (χ1v) is 12.6. The van der Waals surface area contributed by atoms with Crippen LogP contribution in [0.2, 0.25) is 0 Å². The number of benzene rings is 2. The van der Waals surface area contributed by atoms with E-state index in [1.54, 1.807) is 18.2 Å². The molecule has 3 aromatic rings. The molecule has 0 bridgehead atoms. The molecule has 4 rings (SSSR count). The average molecular weight is 506 g/mol. The largest absolute Gasteiger partial charge is 0.507 e. The van der Waals surface area contributed by atoms with Crippen molar-refractivity contribution in [3.63, 3.8) is 0 Å². The molecule has 1 aromatic heterocycles. The summed E-state index contributed by atoms with van der Waals surface area (Å²) in [5.41, 5.74) is 2.79. The molecular formula is C29H31NO5S. The third-order valence-electron chi connectivity index (χ3n) is 6.53. The molecule has 0 saturated carbocycles. The molecule has 0 radical (unpaired) electrons. The Bertz CT molecular complexity index is 1330. The maximum atomic E-state index is 13.5. The number of para-hydroxylation sites is 1. The Hall–Kier alpha value is -3.58. The van der Waals surface area contributed by atoms with Gasteiger partial charge in [-0.3, -0.25) is 9.59 Å². The summed E-state index contributed by atoms with van der Waals surface area (Å²) in [4.78, 5) is 29.3. The second-order valence-electron chi connectivity index (χ2n) is 9.87. The third-order valence-corrected chi connectivity index (χ3v) is 7.39. The number of likely N-dealkylation sites (tertiary alicyclic amines) is 1. The molecule has 1 fully saturated rings. The van der Waals surface area contributed by atoms with Crippen molar-refractivity contribution in [3.05, 3.63) is 86.6 Å². The smallest absolute Gasteiger partial charge is 0.295 e. The van der Waals surface area contributed by atoms with Gasteiger partial charge in [-0.05, 0) is 47.0 Å². The minimum absolute atomic E-state index is 0.0391. The zero-order valence-electron chi connectivity index (χ0n) is 21.4. The van der Waals surface area contributed by atoms with Crippen LogP contribution in [0, 0.1) is 6.92 Å². The number of hydrogen-bond acceptors (Lipinski definition) is 6. The number of aryl methyl sites for hydroxylation is 1. The van der Waals surface area contributed by atoms with Crippen LogP contribution in [0.4, 0.5) is 0 Å². The second kappa shape index (κ2) is 9.82. The summed E-state index contributed by atoms with van der Waals surface area (Å²) in [5.74, 6) is -0.693. The Morgan fingerprint density at radius 1 is 1.06 bits per heavy atom. The maximum absolute atomic E-state index is 13.5. The van der Waals surface area contributed by atoms with Crippen molar-refractivity contribution in [3.8, 4) is 11.5 Å². The number of aliphatic hydroxyl groups excluding tert-OH is 1. The van der Waals surface area contributed by atoms with Gasteiger partial charge in [-0.15, -0.1) is 11.3 Å². The van der Waals surface area contributed by atoms with Crippen molar-refractivity contribution in [2.75, 3.05) is 14.2 Å². The van der Waals surface area contributed by atoms with Crippen LogP contribution in [-0.2, 0) is 21.5 Å². The average Bonchev–Trinajstić information content (AvgIpc) is 3.45. The first kappa shape index (κ1) is 25.5. The molecule has 1 N–H and O–H groups in total. The molecule has 0 aliphatic carbocycles. The van der Waals surface area contributed by atoms with Gasteiger partial charge in [0.2, 0.25) is 0 Å². The summed E-state index contributed by atoms with van der Waals surface area (Å²) >= 11 is 1.50. The van der Waals surface area contributed by atoms with Crippen LogP contribution in [0.5, 0.6) is 11.5 Å². The molecule has 188 valence electrons. The predicted molar refractivity (Wildman–Crippen MR) is 142 cm³/mol. The van der Waals surface area contributed by atoms with Crippen molar-refractivity contribution in [2.45, 2.75) is 45.7 Å². The summed E-state index contributed by atoms with van der Waals surface area (Å²) in [6.45, 7) is 8.36. The van der Waals surface area contributed by atoms with Gasteiger partial charge in [0.15, 0.2) is 11.5 Å². The van der Waals surface area contributed by atoms with E-state index in [0.717, 1.165) is 16.0 Å². The number of carbonyl (C=O) groups is 2. The Morgan fingerprint density at radius 2 is 1.81 bits per heavy atom. The molecule has 0 spiro atoms. The van der Waals surface area contributed by atoms with Gasteiger partial charge in [0, 0.05) is 16.0 Å². The molecule has 7 heteroatoms. The van der Waals surface area contributed by atoms with Gasteiger partial charge >= 0.3 is 0 Å². The molecule has 1 unspecified atom stereocenters. The molecule has 2 aromatic carbocycles. The number of Topliss-reactive ketones (excluding diaryl/α,β-unsaturated/α-hetero) is 1. The Morgan fingerprint density at radius 3 is 2.42 bits per heavy atom. The van der Waals surface area contributed by atoms with Crippen molar-refractivity contribution >= 4 is 28.8 Å². The van der Waals surface area contributed by atoms with E-state index in [1.165, 1.54) is 30.5 Å². The van der Waals surface area contributed by atoms with Gasteiger partial charge in [0.1, 0.15) is 5.76 Å². The Balaban J connectivity index is 1.98. The number of aliphatic hydroxyl groups is 1. The quantitative estimate of drug-likeness (QED) is 0.253. The highest BCUT2D eigenvalue weighted by Crippen LogP contribution is 2.46. The van der Waals surface area contributed by atoms with Gasteiger partial charge in [-0.2, -0.15) is 0 Å². The van der Waals surface area contributed by atoms with Gasteiger partial charge in [0.25, 0.3) is 11.7 Å². The number of ether oxygens (including phenoxy) is 2. The zero-order valence-corrected chi connectivity index (χ0v) is 22.2. The standard InChI is InChI=1S/C29H31NO5S/c1-17-12-13-18(29(2,3)4)15-21(17)25(31)23-24(20-10-7-11-22(34-5)27(20)35-6)30(28(33)26(23)32)16-19-9-8-14-36-19/h7-15,24,31H,16H2,1-6H3/b25-23+. The van der Waals surface area contributed by atoms with Crippen molar-refractivity contribution in [2.24, 2.45) is 0 Å². The molecule has 1 atom stereocenters. The number of nitrogens with zero attached hydrogens (tertiary/aromatic N) is 1. The van der Waals surface area contributed by atoms with E-state index in [9.17, 15) is 14.7 Å². The minimum Gasteiger partial charge on any atom is -0.507 e. The van der Waals surface area contributed by atoms with Crippen LogP contribution in [0.15, 0.2) is 59.5 Å². The lowest BCUT2D eigenvalue weighted by Crippen LogP contribution is -2.29. The van der Waals surface area contributed by atoms with E-state index in [2.05, 4.69) is 20.8 Å². The highest BCUT2D eigenvalue weighted by molar-refractivity contribution is 7.09. The van der Waals surface area contributed by atoms with Gasteiger partial charge in [-0.25, -0.2) is 0 Å². The molecular weight excluding hydrogens is 474 g/mol. The third kappa shape index (κ3) is 4.51. The molecule has 1 saturated heterocycles. The number of rotatable bonds is 6. The molecule has 1 aliphatic heterocycles. The van der Waals surface area contributed by atoms with Gasteiger partial charge in [-0.1, -0.05) is 51.1 Å². The normalized spacial score (nSPS) is 17.5. The first-order valence-electron chi connectivity index (χ1n) is 11.7. The zero-order chi connectivity index (χ0) is 26.2. The fraction of sp³-hybridized carbons (Fsp3) is 0.310. The van der Waals surface area contributed by atoms with E-state index in [0.29, 0.717) is 22.6 Å². The predicted octanol–water partition coefficient (Wildman–Crippen LogP) is 5.99. The Kier molecular flexibility index (Phi) is 6.96. The monoisotopic (exact) mass is 505 g/mol. The van der Waals surface area contributed by atoms with Crippen LogP contribution >= 0.6 is 11.3 Å². The fourth-order valence-electron chi connectivity index (χ4n) is 4.55. The highest BCUT2D eigenvalue weighted by atomic mass is 32.1. The van der Waals surface area contributed by atoms with E-state index in [1.807, 2.05) is 42.6 Å². The van der Waals surface area contributed by atoms with Crippen LogP contribution in [0.1, 0.15) is 53.9 Å². The van der Waals surface area contributed by atoms with Crippen LogP contribution < -0.4 is 9.47 Å². The van der Waals surface area contributed by atoms with Gasteiger partial charge < -0.3 is 19.5 Å².